The van der Waals surface area contributed by atoms with Crippen LogP contribution in [0.5, 0.6) is 23.1 Å². The Kier molecular flexibility index (Phi) is 5.17. The first kappa shape index (κ1) is 19.2. The Morgan fingerprint density at radius 3 is 2.20 bits per heavy atom. The summed E-state index contributed by atoms with van der Waals surface area (Å²) in [7, 11) is 3.11. The zero-order chi connectivity index (χ0) is 21.1. The fourth-order valence-electron chi connectivity index (χ4n) is 3.09. The third kappa shape index (κ3) is 3.60. The van der Waals surface area contributed by atoms with E-state index in [9.17, 15) is 4.79 Å². The molecule has 4 aromatic rings. The Bertz CT molecular complexity index is 1230. The molecule has 0 aliphatic rings. The first-order valence-corrected chi connectivity index (χ1v) is 9.16. The molecule has 0 aliphatic heterocycles. The molecule has 0 atom stereocenters. The van der Waals surface area contributed by atoms with Crippen molar-refractivity contribution in [1.29, 1.82) is 0 Å². The minimum Gasteiger partial charge on any atom is -0.493 e. The van der Waals surface area contributed by atoms with Gasteiger partial charge >= 0.3 is 0 Å². The number of ether oxygens (including phenoxy) is 3. The number of nitrogens with two attached hydrogens (primary N) is 1. The Balaban J connectivity index is 1.95. The maximum atomic E-state index is 11.8. The molecule has 1 amide bonds. The van der Waals surface area contributed by atoms with Crippen LogP contribution in [-0.4, -0.2) is 30.1 Å². The molecule has 30 heavy (non-hydrogen) atoms. The van der Waals surface area contributed by atoms with Crippen LogP contribution in [0.1, 0.15) is 10.4 Å². The monoisotopic (exact) mass is 401 g/mol. The summed E-state index contributed by atoms with van der Waals surface area (Å²) in [6, 6.07) is 19.8. The number of hydrogen-bond donors (Lipinski definition) is 1. The molecule has 1 aromatic heterocycles. The normalized spacial score (nSPS) is 10.6. The van der Waals surface area contributed by atoms with E-state index in [2.05, 4.69) is 9.97 Å². The zero-order valence-corrected chi connectivity index (χ0v) is 16.5. The van der Waals surface area contributed by atoms with Crippen molar-refractivity contribution in [2.75, 3.05) is 14.2 Å². The molecule has 0 radical (unpaired) electrons. The second-order valence-corrected chi connectivity index (χ2v) is 6.41. The summed E-state index contributed by atoms with van der Waals surface area (Å²) in [5, 5.41) is 0.603. The predicted molar refractivity (Wildman–Crippen MR) is 113 cm³/mol. The second-order valence-electron chi connectivity index (χ2n) is 6.41. The van der Waals surface area contributed by atoms with Crippen LogP contribution < -0.4 is 19.9 Å². The maximum absolute atomic E-state index is 11.8. The van der Waals surface area contributed by atoms with E-state index in [1.54, 1.807) is 50.6 Å². The number of para-hydroxylation sites is 1. The van der Waals surface area contributed by atoms with Crippen LogP contribution in [-0.2, 0) is 0 Å². The van der Waals surface area contributed by atoms with Gasteiger partial charge in [0.05, 0.1) is 30.7 Å². The van der Waals surface area contributed by atoms with Crippen LogP contribution in [0.2, 0.25) is 0 Å². The van der Waals surface area contributed by atoms with E-state index < -0.39 is 5.91 Å². The van der Waals surface area contributed by atoms with Gasteiger partial charge in [-0.25, -0.2) is 4.98 Å². The highest BCUT2D eigenvalue weighted by atomic mass is 16.5. The summed E-state index contributed by atoms with van der Waals surface area (Å²) < 4.78 is 16.9. The molecule has 1 heterocycles. The number of rotatable bonds is 6. The van der Waals surface area contributed by atoms with E-state index in [1.807, 2.05) is 30.3 Å². The van der Waals surface area contributed by atoms with Gasteiger partial charge in [0.1, 0.15) is 5.75 Å². The van der Waals surface area contributed by atoms with Gasteiger partial charge in [-0.15, -0.1) is 0 Å². The van der Waals surface area contributed by atoms with Gasteiger partial charge in [-0.2, -0.15) is 4.98 Å². The van der Waals surface area contributed by atoms with Gasteiger partial charge in [0.2, 0.25) is 5.88 Å². The van der Waals surface area contributed by atoms with Gasteiger partial charge in [0.15, 0.2) is 17.3 Å². The number of methoxy groups -OCH3 is 2. The van der Waals surface area contributed by atoms with Crippen LogP contribution in [0.15, 0.2) is 66.7 Å². The highest BCUT2D eigenvalue weighted by molar-refractivity contribution is 5.96. The fraction of sp³-hybridized carbons (Fsp3) is 0.0870. The molecule has 7 heteroatoms. The average Bonchev–Trinajstić information content (AvgIpc) is 2.78. The molecule has 2 N–H and O–H groups in total. The topological polar surface area (TPSA) is 96.6 Å². The quantitative estimate of drug-likeness (QED) is 0.520. The Labute approximate surface area is 173 Å². The number of carbonyl (C=O) groups is 1. The van der Waals surface area contributed by atoms with E-state index in [4.69, 9.17) is 19.9 Å². The van der Waals surface area contributed by atoms with Crippen molar-refractivity contribution in [2.45, 2.75) is 0 Å². The van der Waals surface area contributed by atoms with Gasteiger partial charge in [0.25, 0.3) is 5.91 Å². The van der Waals surface area contributed by atoms with Crippen LogP contribution in [0.3, 0.4) is 0 Å². The standard InChI is InChI=1S/C23H19N3O4/c1-28-19-12-16-17(13-20(19)29-2)25-22(14-8-4-3-5-9-14)26-23(16)30-18-11-7-6-10-15(18)21(24)27/h3-13H,1-2H3,(H2,24,27). The SMILES string of the molecule is COc1cc2nc(-c3ccccc3)nc(Oc3ccccc3C(N)=O)c2cc1OC. The Morgan fingerprint density at radius 2 is 1.50 bits per heavy atom. The summed E-state index contributed by atoms with van der Waals surface area (Å²) in [5.74, 6) is 1.50. The van der Waals surface area contributed by atoms with Gasteiger partial charge in [-0.3, -0.25) is 4.79 Å². The smallest absolute Gasteiger partial charge is 0.252 e. The predicted octanol–water partition coefficient (Wildman–Crippen LogP) is 4.21. The molecule has 0 aliphatic carbocycles. The van der Waals surface area contributed by atoms with Crippen molar-refractivity contribution in [3.05, 3.63) is 72.3 Å². The lowest BCUT2D eigenvalue weighted by Crippen LogP contribution is -2.12. The number of nitrogens with zero attached hydrogens (tertiary/aromatic N) is 2. The van der Waals surface area contributed by atoms with Gasteiger partial charge in [-0.1, -0.05) is 42.5 Å². The molecular formula is C23H19N3O4. The molecule has 7 nitrogen and oxygen atoms in total. The van der Waals surface area contributed by atoms with E-state index in [-0.39, 0.29) is 11.4 Å². The molecule has 0 saturated heterocycles. The highest BCUT2D eigenvalue weighted by Crippen LogP contribution is 2.38. The fourth-order valence-corrected chi connectivity index (χ4v) is 3.09. The molecule has 0 bridgehead atoms. The lowest BCUT2D eigenvalue weighted by Gasteiger charge is -2.14. The Hall–Kier alpha value is -4.13. The molecule has 0 saturated carbocycles. The minimum atomic E-state index is -0.591. The van der Waals surface area contributed by atoms with E-state index >= 15 is 0 Å². The third-order valence-electron chi connectivity index (χ3n) is 4.56. The first-order chi connectivity index (χ1) is 14.6. The zero-order valence-electron chi connectivity index (χ0n) is 16.5. The number of amides is 1. The maximum Gasteiger partial charge on any atom is 0.252 e. The van der Waals surface area contributed by atoms with Crippen molar-refractivity contribution in [3.63, 3.8) is 0 Å². The molecular weight excluding hydrogens is 382 g/mol. The van der Waals surface area contributed by atoms with Crippen molar-refractivity contribution < 1.29 is 19.0 Å². The highest BCUT2D eigenvalue weighted by Gasteiger charge is 2.17. The van der Waals surface area contributed by atoms with Gasteiger partial charge in [-0.05, 0) is 18.2 Å². The lowest BCUT2D eigenvalue weighted by molar-refractivity contribution is 0.0998. The molecule has 0 unspecified atom stereocenters. The number of benzene rings is 3. The third-order valence-corrected chi connectivity index (χ3v) is 4.56. The van der Waals surface area contributed by atoms with Crippen molar-refractivity contribution in [1.82, 2.24) is 9.97 Å². The van der Waals surface area contributed by atoms with Crippen molar-refractivity contribution >= 4 is 16.8 Å². The number of primary amides is 1. The number of hydrogen-bond acceptors (Lipinski definition) is 6. The lowest BCUT2D eigenvalue weighted by atomic mass is 10.1. The van der Waals surface area contributed by atoms with Crippen LogP contribution in [0.4, 0.5) is 0 Å². The van der Waals surface area contributed by atoms with Crippen molar-refractivity contribution in [3.8, 4) is 34.5 Å². The summed E-state index contributed by atoms with van der Waals surface area (Å²) in [5.41, 5.74) is 7.18. The first-order valence-electron chi connectivity index (χ1n) is 9.16. The molecule has 3 aromatic carbocycles. The summed E-state index contributed by atoms with van der Waals surface area (Å²) in [6.07, 6.45) is 0. The largest absolute Gasteiger partial charge is 0.493 e. The summed E-state index contributed by atoms with van der Waals surface area (Å²) >= 11 is 0. The van der Waals surface area contributed by atoms with Crippen LogP contribution >= 0.6 is 0 Å². The number of aromatic nitrogens is 2. The number of fused-ring (bicyclic) bond motifs is 1. The molecule has 0 fully saturated rings. The number of carbonyl (C=O) groups excluding carboxylic acids is 1. The van der Waals surface area contributed by atoms with Crippen LogP contribution in [0.25, 0.3) is 22.3 Å². The average molecular weight is 401 g/mol. The second kappa shape index (κ2) is 8.08. The van der Waals surface area contributed by atoms with Gasteiger partial charge < -0.3 is 19.9 Å². The van der Waals surface area contributed by atoms with E-state index in [0.29, 0.717) is 34.0 Å². The molecule has 150 valence electrons. The summed E-state index contributed by atoms with van der Waals surface area (Å²) in [4.78, 5) is 21.1. The van der Waals surface area contributed by atoms with Crippen LogP contribution in [0, 0.1) is 0 Å². The van der Waals surface area contributed by atoms with Gasteiger partial charge in [0, 0.05) is 11.6 Å². The molecule has 4 rings (SSSR count). The van der Waals surface area contributed by atoms with E-state index in [1.165, 1.54) is 0 Å². The minimum absolute atomic E-state index is 0.256. The summed E-state index contributed by atoms with van der Waals surface area (Å²) in [6.45, 7) is 0. The Morgan fingerprint density at radius 1 is 0.833 bits per heavy atom. The molecule has 0 spiro atoms. The van der Waals surface area contributed by atoms with E-state index in [0.717, 1.165) is 5.56 Å². The van der Waals surface area contributed by atoms with Crippen molar-refractivity contribution in [2.24, 2.45) is 5.73 Å².